The van der Waals surface area contributed by atoms with Gasteiger partial charge in [-0.05, 0) is 31.0 Å². The molecule has 0 fully saturated rings. The molecule has 3 aromatic rings. The normalized spacial score (nSPS) is 10.6. The summed E-state index contributed by atoms with van der Waals surface area (Å²) >= 11 is 6.32. The number of hydrogen-bond donors (Lipinski definition) is 0. The summed E-state index contributed by atoms with van der Waals surface area (Å²) in [6.45, 7) is 4.11. The summed E-state index contributed by atoms with van der Waals surface area (Å²) < 4.78 is 13.3. The molecule has 0 atom stereocenters. The van der Waals surface area contributed by atoms with E-state index in [-0.39, 0.29) is 0 Å². The quantitative estimate of drug-likeness (QED) is 0.580. The number of benzene rings is 2. The Labute approximate surface area is 157 Å². The molecule has 26 heavy (non-hydrogen) atoms. The van der Waals surface area contributed by atoms with Crippen LogP contribution in [0.1, 0.15) is 27.2 Å². The van der Waals surface area contributed by atoms with Gasteiger partial charge in [0.1, 0.15) is 12.4 Å². The highest BCUT2D eigenvalue weighted by Gasteiger charge is 2.17. The maximum atomic E-state index is 11.3. The Kier molecular flexibility index (Phi) is 5.28. The van der Waals surface area contributed by atoms with Crippen molar-refractivity contribution in [1.29, 1.82) is 0 Å². The fourth-order valence-electron chi connectivity index (χ4n) is 2.62. The van der Waals surface area contributed by atoms with Crippen molar-refractivity contribution >= 4 is 17.9 Å². The Morgan fingerprint density at radius 2 is 1.88 bits per heavy atom. The molecular weight excluding hydrogens is 352 g/mol. The van der Waals surface area contributed by atoms with Crippen LogP contribution >= 0.6 is 11.6 Å². The van der Waals surface area contributed by atoms with Crippen molar-refractivity contribution in [3.8, 4) is 17.4 Å². The zero-order valence-electron chi connectivity index (χ0n) is 14.8. The summed E-state index contributed by atoms with van der Waals surface area (Å²) in [5.41, 5.74) is 2.96. The number of aryl methyl sites for hydroxylation is 3. The number of aldehydes is 1. The van der Waals surface area contributed by atoms with E-state index in [4.69, 9.17) is 21.1 Å². The maximum absolute atomic E-state index is 11.3. The molecule has 0 saturated carbocycles. The SMILES string of the molecule is Cc1cc(Cl)c(Oc2c(C=O)c(C)nn2C)cc1OCc1ccccc1. The number of halogens is 1. The van der Waals surface area contributed by atoms with Crippen LogP contribution in [0.25, 0.3) is 0 Å². The largest absolute Gasteiger partial charge is 0.488 e. The van der Waals surface area contributed by atoms with Gasteiger partial charge in [-0.3, -0.25) is 4.79 Å². The van der Waals surface area contributed by atoms with Gasteiger partial charge in [0.2, 0.25) is 5.88 Å². The summed E-state index contributed by atoms with van der Waals surface area (Å²) in [6.07, 6.45) is 0.729. The summed E-state index contributed by atoms with van der Waals surface area (Å²) in [4.78, 5) is 11.3. The van der Waals surface area contributed by atoms with Gasteiger partial charge in [-0.1, -0.05) is 41.9 Å². The Bertz CT molecular complexity index is 936. The summed E-state index contributed by atoms with van der Waals surface area (Å²) in [7, 11) is 1.71. The molecule has 2 aromatic carbocycles. The van der Waals surface area contributed by atoms with Gasteiger partial charge in [-0.15, -0.1) is 0 Å². The third kappa shape index (κ3) is 3.73. The standard InChI is InChI=1S/C20H19ClN2O3/c1-13-9-17(21)19(26-20-16(11-24)14(2)22-23(20)3)10-18(13)25-12-15-7-5-4-6-8-15/h4-11H,12H2,1-3H3. The van der Waals surface area contributed by atoms with Crippen molar-refractivity contribution in [3.05, 3.63) is 69.9 Å². The van der Waals surface area contributed by atoms with Gasteiger partial charge in [0.15, 0.2) is 12.0 Å². The number of nitrogens with zero attached hydrogens (tertiary/aromatic N) is 2. The van der Waals surface area contributed by atoms with Crippen molar-refractivity contribution in [2.45, 2.75) is 20.5 Å². The fraction of sp³-hybridized carbons (Fsp3) is 0.200. The van der Waals surface area contributed by atoms with Crippen LogP contribution in [0, 0.1) is 13.8 Å². The third-order valence-corrected chi connectivity index (χ3v) is 4.30. The highest BCUT2D eigenvalue weighted by atomic mass is 35.5. The molecule has 0 aliphatic carbocycles. The van der Waals surface area contributed by atoms with Crippen molar-refractivity contribution < 1.29 is 14.3 Å². The number of aromatic nitrogens is 2. The van der Waals surface area contributed by atoms with Crippen LogP contribution in [0.3, 0.4) is 0 Å². The van der Waals surface area contributed by atoms with E-state index in [0.29, 0.717) is 40.3 Å². The molecule has 3 rings (SSSR count). The molecule has 0 spiro atoms. The van der Waals surface area contributed by atoms with Crippen LogP contribution < -0.4 is 9.47 Å². The monoisotopic (exact) mass is 370 g/mol. The first-order chi connectivity index (χ1) is 12.5. The van der Waals surface area contributed by atoms with E-state index in [9.17, 15) is 4.79 Å². The van der Waals surface area contributed by atoms with Crippen molar-refractivity contribution in [1.82, 2.24) is 9.78 Å². The Balaban J connectivity index is 1.87. The molecule has 134 valence electrons. The van der Waals surface area contributed by atoms with E-state index in [1.165, 1.54) is 4.68 Å². The first-order valence-electron chi connectivity index (χ1n) is 8.13. The maximum Gasteiger partial charge on any atom is 0.228 e. The number of rotatable bonds is 6. The van der Waals surface area contributed by atoms with Crippen LogP contribution in [0.2, 0.25) is 5.02 Å². The van der Waals surface area contributed by atoms with Crippen LogP contribution in [0.15, 0.2) is 42.5 Å². The van der Waals surface area contributed by atoms with Crippen LogP contribution in [0.5, 0.6) is 17.4 Å². The average molecular weight is 371 g/mol. The second-order valence-electron chi connectivity index (χ2n) is 5.97. The number of hydrogen-bond acceptors (Lipinski definition) is 4. The predicted molar refractivity (Wildman–Crippen MR) is 100 cm³/mol. The third-order valence-electron chi connectivity index (χ3n) is 4.01. The summed E-state index contributed by atoms with van der Waals surface area (Å²) in [5.74, 6) is 1.42. The zero-order chi connectivity index (χ0) is 18.7. The molecule has 0 aliphatic heterocycles. The minimum absolute atomic E-state index is 0.345. The van der Waals surface area contributed by atoms with E-state index in [2.05, 4.69) is 5.10 Å². The first-order valence-corrected chi connectivity index (χ1v) is 8.51. The lowest BCUT2D eigenvalue weighted by atomic mass is 10.2. The summed E-state index contributed by atoms with van der Waals surface area (Å²) in [6, 6.07) is 13.4. The molecule has 0 amide bonds. The van der Waals surface area contributed by atoms with Crippen molar-refractivity contribution in [2.24, 2.45) is 7.05 Å². The highest BCUT2D eigenvalue weighted by Crippen LogP contribution is 2.36. The molecule has 0 radical (unpaired) electrons. The van der Waals surface area contributed by atoms with Crippen LogP contribution in [-0.2, 0) is 13.7 Å². The average Bonchev–Trinajstić information content (AvgIpc) is 2.89. The van der Waals surface area contributed by atoms with Gasteiger partial charge in [-0.25, -0.2) is 4.68 Å². The number of carbonyl (C=O) groups is 1. The van der Waals surface area contributed by atoms with Crippen LogP contribution in [-0.4, -0.2) is 16.1 Å². The summed E-state index contributed by atoms with van der Waals surface area (Å²) in [5, 5.41) is 4.65. The van der Waals surface area contributed by atoms with Gasteiger partial charge >= 0.3 is 0 Å². The van der Waals surface area contributed by atoms with E-state index in [1.807, 2.05) is 37.3 Å². The molecule has 0 saturated heterocycles. The van der Waals surface area contributed by atoms with Crippen LogP contribution in [0.4, 0.5) is 0 Å². The van der Waals surface area contributed by atoms with E-state index < -0.39 is 0 Å². The number of ether oxygens (including phenoxy) is 2. The minimum atomic E-state index is 0.345. The molecule has 0 bridgehead atoms. The lowest BCUT2D eigenvalue weighted by Crippen LogP contribution is -2.00. The second-order valence-corrected chi connectivity index (χ2v) is 6.38. The molecule has 1 aromatic heterocycles. The van der Waals surface area contributed by atoms with E-state index in [1.54, 1.807) is 26.1 Å². The highest BCUT2D eigenvalue weighted by molar-refractivity contribution is 6.32. The lowest BCUT2D eigenvalue weighted by Gasteiger charge is -2.14. The van der Waals surface area contributed by atoms with Gasteiger partial charge < -0.3 is 9.47 Å². The fourth-order valence-corrected chi connectivity index (χ4v) is 2.87. The van der Waals surface area contributed by atoms with Crippen molar-refractivity contribution in [3.63, 3.8) is 0 Å². The van der Waals surface area contributed by atoms with Gasteiger partial charge in [-0.2, -0.15) is 5.10 Å². The smallest absolute Gasteiger partial charge is 0.228 e. The molecular formula is C20H19ClN2O3. The molecule has 0 aliphatic rings. The Hall–Kier alpha value is -2.79. The Morgan fingerprint density at radius 1 is 1.15 bits per heavy atom. The molecule has 0 unspecified atom stereocenters. The molecule has 6 heteroatoms. The topological polar surface area (TPSA) is 53.3 Å². The zero-order valence-corrected chi connectivity index (χ0v) is 15.6. The Morgan fingerprint density at radius 3 is 2.58 bits per heavy atom. The van der Waals surface area contributed by atoms with Gasteiger partial charge in [0.25, 0.3) is 0 Å². The van der Waals surface area contributed by atoms with Crippen molar-refractivity contribution in [2.75, 3.05) is 0 Å². The lowest BCUT2D eigenvalue weighted by molar-refractivity contribution is 0.112. The first kappa shape index (κ1) is 18.0. The van der Waals surface area contributed by atoms with E-state index in [0.717, 1.165) is 17.4 Å². The predicted octanol–water partition coefficient (Wildman–Crippen LogP) is 4.87. The second kappa shape index (κ2) is 7.62. The molecule has 5 nitrogen and oxygen atoms in total. The molecule has 0 N–H and O–H groups in total. The number of carbonyl (C=O) groups excluding carboxylic acids is 1. The molecule has 1 heterocycles. The van der Waals surface area contributed by atoms with E-state index >= 15 is 0 Å². The minimum Gasteiger partial charge on any atom is -0.488 e. The van der Waals surface area contributed by atoms with Gasteiger partial charge in [0, 0.05) is 13.1 Å². The van der Waals surface area contributed by atoms with Gasteiger partial charge in [0.05, 0.1) is 16.3 Å².